The summed E-state index contributed by atoms with van der Waals surface area (Å²) in [5.74, 6) is -0.912. The standard InChI is InChI=1S/C7H6O3.C4H10N4O/c8-6-3-1-5(2-4-6)7(9)10;5-4(9)7-8-2-1-6-3-8/h1-4,8H,(H,9,10);6H,1-3H2,(H3,5,7,9). The van der Waals surface area contributed by atoms with Crippen molar-refractivity contribution in [1.82, 2.24) is 15.8 Å². The Balaban J connectivity index is 0.000000191. The molecule has 1 heterocycles. The molecule has 1 aromatic carbocycles. The predicted octanol–water partition coefficient (Wildman–Crippen LogP) is -0.477. The summed E-state index contributed by atoms with van der Waals surface area (Å²) in [4.78, 5) is 20.4. The number of aromatic carboxylic acids is 1. The number of urea groups is 1. The normalized spacial score (nSPS) is 14.3. The van der Waals surface area contributed by atoms with E-state index in [0.717, 1.165) is 13.1 Å². The minimum absolute atomic E-state index is 0.0741. The summed E-state index contributed by atoms with van der Waals surface area (Å²) in [6, 6.07) is 4.86. The van der Waals surface area contributed by atoms with Crippen molar-refractivity contribution in [2.24, 2.45) is 5.73 Å². The van der Waals surface area contributed by atoms with Gasteiger partial charge in [0.25, 0.3) is 0 Å². The van der Waals surface area contributed by atoms with E-state index in [1.165, 1.54) is 24.3 Å². The lowest BCUT2D eigenvalue weighted by atomic mass is 10.2. The number of nitrogens with zero attached hydrogens (tertiary/aromatic N) is 1. The minimum atomic E-state index is -0.986. The first kappa shape index (κ1) is 14.7. The number of aromatic hydroxyl groups is 1. The maximum atomic E-state index is 10.2. The minimum Gasteiger partial charge on any atom is -0.508 e. The van der Waals surface area contributed by atoms with E-state index in [-0.39, 0.29) is 11.3 Å². The van der Waals surface area contributed by atoms with Gasteiger partial charge < -0.3 is 21.3 Å². The molecule has 1 aliphatic rings. The van der Waals surface area contributed by atoms with Gasteiger partial charge >= 0.3 is 12.0 Å². The van der Waals surface area contributed by atoms with Crippen molar-refractivity contribution in [1.29, 1.82) is 0 Å². The van der Waals surface area contributed by atoms with Crippen molar-refractivity contribution in [3.05, 3.63) is 29.8 Å². The Bertz CT molecular complexity index is 429. The van der Waals surface area contributed by atoms with Crippen LogP contribution >= 0.6 is 0 Å². The first-order valence-corrected chi connectivity index (χ1v) is 5.53. The summed E-state index contributed by atoms with van der Waals surface area (Å²) >= 11 is 0. The van der Waals surface area contributed by atoms with Gasteiger partial charge in [-0.05, 0) is 24.3 Å². The number of phenols is 1. The molecule has 2 rings (SSSR count). The second-order valence-electron chi connectivity index (χ2n) is 3.75. The van der Waals surface area contributed by atoms with Gasteiger partial charge in [0.2, 0.25) is 0 Å². The molecule has 1 aliphatic heterocycles. The van der Waals surface area contributed by atoms with Crippen molar-refractivity contribution >= 4 is 12.0 Å². The highest BCUT2D eigenvalue weighted by molar-refractivity contribution is 5.87. The van der Waals surface area contributed by atoms with Gasteiger partial charge in [-0.1, -0.05) is 0 Å². The van der Waals surface area contributed by atoms with Crippen molar-refractivity contribution in [2.45, 2.75) is 0 Å². The Morgan fingerprint density at radius 3 is 2.37 bits per heavy atom. The number of hydrazine groups is 1. The molecule has 0 aliphatic carbocycles. The molecule has 19 heavy (non-hydrogen) atoms. The van der Waals surface area contributed by atoms with Gasteiger partial charge in [0, 0.05) is 13.1 Å². The third-order valence-electron chi connectivity index (χ3n) is 2.24. The first-order chi connectivity index (χ1) is 8.99. The molecule has 104 valence electrons. The fraction of sp³-hybridized carbons (Fsp3) is 0.273. The quantitative estimate of drug-likeness (QED) is 0.493. The van der Waals surface area contributed by atoms with Crippen LogP contribution in [0.4, 0.5) is 4.79 Å². The van der Waals surface area contributed by atoms with Crippen LogP contribution in [-0.4, -0.2) is 47.0 Å². The number of phenolic OH excluding ortho intramolecular Hbond substituents is 1. The number of hydrogen-bond donors (Lipinski definition) is 5. The monoisotopic (exact) mass is 268 g/mol. The van der Waals surface area contributed by atoms with E-state index in [1.807, 2.05) is 0 Å². The highest BCUT2D eigenvalue weighted by atomic mass is 16.4. The van der Waals surface area contributed by atoms with E-state index in [4.69, 9.17) is 15.9 Å². The first-order valence-electron chi connectivity index (χ1n) is 5.53. The van der Waals surface area contributed by atoms with E-state index in [9.17, 15) is 9.59 Å². The van der Waals surface area contributed by atoms with Crippen molar-refractivity contribution in [3.63, 3.8) is 0 Å². The van der Waals surface area contributed by atoms with Gasteiger partial charge in [-0.25, -0.2) is 14.6 Å². The molecule has 0 aromatic heterocycles. The third kappa shape index (κ3) is 5.70. The number of nitrogens with two attached hydrogens (primary N) is 1. The van der Waals surface area contributed by atoms with Gasteiger partial charge in [0.05, 0.1) is 12.2 Å². The van der Waals surface area contributed by atoms with E-state index in [2.05, 4.69) is 10.7 Å². The number of carbonyl (C=O) groups is 2. The summed E-state index contributed by atoms with van der Waals surface area (Å²) in [5, 5.41) is 21.9. The Morgan fingerprint density at radius 1 is 1.32 bits per heavy atom. The SMILES string of the molecule is NC(=O)NN1CCNC1.O=C(O)c1ccc(O)cc1. The third-order valence-corrected chi connectivity index (χ3v) is 2.24. The van der Waals surface area contributed by atoms with Crippen LogP contribution in [0.15, 0.2) is 24.3 Å². The van der Waals surface area contributed by atoms with Gasteiger partial charge in [0.1, 0.15) is 5.75 Å². The number of primary amides is 1. The maximum absolute atomic E-state index is 10.2. The number of carboxylic acids is 1. The molecule has 0 spiro atoms. The number of benzene rings is 1. The van der Waals surface area contributed by atoms with Gasteiger partial charge in [-0.15, -0.1) is 0 Å². The fourth-order valence-electron chi connectivity index (χ4n) is 1.36. The van der Waals surface area contributed by atoms with Crippen molar-refractivity contribution in [3.8, 4) is 5.75 Å². The molecule has 8 heteroatoms. The van der Waals surface area contributed by atoms with Crippen LogP contribution < -0.4 is 16.5 Å². The smallest absolute Gasteiger partial charge is 0.335 e. The van der Waals surface area contributed by atoms with Crippen molar-refractivity contribution in [2.75, 3.05) is 19.8 Å². The lowest BCUT2D eigenvalue weighted by Gasteiger charge is -2.12. The highest BCUT2D eigenvalue weighted by Gasteiger charge is 2.10. The zero-order valence-electron chi connectivity index (χ0n) is 10.2. The van der Waals surface area contributed by atoms with Crippen LogP contribution in [0.1, 0.15) is 10.4 Å². The van der Waals surface area contributed by atoms with E-state index in [1.54, 1.807) is 5.01 Å². The molecule has 6 N–H and O–H groups in total. The Labute approximate surface area is 109 Å². The Morgan fingerprint density at radius 2 is 1.95 bits per heavy atom. The average molecular weight is 268 g/mol. The summed E-state index contributed by atoms with van der Waals surface area (Å²) < 4.78 is 0. The van der Waals surface area contributed by atoms with Gasteiger partial charge in [0.15, 0.2) is 0 Å². The molecule has 0 radical (unpaired) electrons. The van der Waals surface area contributed by atoms with E-state index in [0.29, 0.717) is 6.67 Å². The van der Waals surface area contributed by atoms with Gasteiger partial charge in [-0.3, -0.25) is 5.43 Å². The lowest BCUT2D eigenvalue weighted by molar-refractivity contribution is 0.0697. The molecule has 1 aromatic rings. The van der Waals surface area contributed by atoms with Crippen LogP contribution in [0.5, 0.6) is 5.75 Å². The molecule has 1 saturated heterocycles. The summed E-state index contributed by atoms with van der Waals surface area (Å²) in [6.45, 7) is 2.41. The van der Waals surface area contributed by atoms with Crippen LogP contribution in [0, 0.1) is 0 Å². The average Bonchev–Trinajstić information content (AvgIpc) is 2.82. The van der Waals surface area contributed by atoms with Crippen LogP contribution in [0.3, 0.4) is 0 Å². The molecule has 0 unspecified atom stereocenters. The zero-order chi connectivity index (χ0) is 14.3. The second-order valence-corrected chi connectivity index (χ2v) is 3.75. The maximum Gasteiger partial charge on any atom is 0.335 e. The summed E-state index contributed by atoms with van der Waals surface area (Å²) in [5.41, 5.74) is 7.48. The summed E-state index contributed by atoms with van der Waals surface area (Å²) in [7, 11) is 0. The molecule has 0 bridgehead atoms. The lowest BCUT2D eigenvalue weighted by Crippen LogP contribution is -2.44. The van der Waals surface area contributed by atoms with E-state index >= 15 is 0 Å². The van der Waals surface area contributed by atoms with Crippen molar-refractivity contribution < 1.29 is 19.8 Å². The number of rotatable bonds is 2. The topological polar surface area (TPSA) is 128 Å². The van der Waals surface area contributed by atoms with Gasteiger partial charge in [-0.2, -0.15) is 0 Å². The fourth-order valence-corrected chi connectivity index (χ4v) is 1.36. The molecular weight excluding hydrogens is 252 g/mol. The largest absolute Gasteiger partial charge is 0.508 e. The number of hydrogen-bond acceptors (Lipinski definition) is 5. The number of carbonyl (C=O) groups excluding carboxylic acids is 1. The molecular formula is C11H16N4O4. The number of carboxylic acid groups (broad SMARTS) is 1. The second kappa shape index (κ2) is 7.19. The predicted molar refractivity (Wildman–Crippen MR) is 67.4 cm³/mol. The molecule has 2 amide bonds. The van der Waals surface area contributed by atoms with E-state index < -0.39 is 12.0 Å². The van der Waals surface area contributed by atoms with Crippen LogP contribution in [0.25, 0.3) is 0 Å². The van der Waals surface area contributed by atoms with Crippen LogP contribution in [0.2, 0.25) is 0 Å². The summed E-state index contributed by atoms with van der Waals surface area (Å²) in [6.07, 6.45) is 0. The highest BCUT2D eigenvalue weighted by Crippen LogP contribution is 2.08. The Kier molecular flexibility index (Phi) is 5.58. The molecule has 0 atom stereocenters. The molecule has 0 saturated carbocycles. The number of nitrogens with one attached hydrogen (secondary N) is 2. The zero-order valence-corrected chi connectivity index (χ0v) is 10.2. The Hall–Kier alpha value is -2.32. The molecule has 8 nitrogen and oxygen atoms in total. The van der Waals surface area contributed by atoms with Crippen LogP contribution in [-0.2, 0) is 0 Å². The molecule has 1 fully saturated rings. The number of amides is 2.